The van der Waals surface area contributed by atoms with Crippen molar-refractivity contribution < 1.29 is 19.5 Å². The zero-order chi connectivity index (χ0) is 12.6. The lowest BCUT2D eigenvalue weighted by molar-refractivity contribution is -0.136. The van der Waals surface area contributed by atoms with Crippen LogP contribution in [0.1, 0.15) is 33.2 Å². The van der Waals surface area contributed by atoms with Crippen LogP contribution in [-0.4, -0.2) is 34.3 Å². The summed E-state index contributed by atoms with van der Waals surface area (Å²) >= 11 is 0. The average molecular weight is 233 g/mol. The number of amides is 2. The number of carboxylic acid groups (broad SMARTS) is 1. The third-order valence-electron chi connectivity index (χ3n) is 2.74. The van der Waals surface area contributed by atoms with Gasteiger partial charge in [-0.25, -0.2) is 0 Å². The minimum atomic E-state index is -1.02. The zero-order valence-electron chi connectivity index (χ0n) is 9.27. The Labute approximate surface area is 97.7 Å². The molecule has 0 unspecified atom stereocenters. The fraction of sp³-hybridized carbons (Fsp3) is 0.250. The molecule has 2 amide bonds. The van der Waals surface area contributed by atoms with E-state index in [9.17, 15) is 14.4 Å². The number of carbonyl (C=O) groups is 3. The summed E-state index contributed by atoms with van der Waals surface area (Å²) in [5, 5.41) is 8.76. The predicted octanol–water partition coefficient (Wildman–Crippen LogP) is 0.930. The Kier molecular flexibility index (Phi) is 2.67. The third-order valence-corrected chi connectivity index (χ3v) is 2.74. The molecule has 0 saturated carbocycles. The van der Waals surface area contributed by atoms with Gasteiger partial charge in [-0.05, 0) is 18.6 Å². The third kappa shape index (κ3) is 1.69. The summed E-state index contributed by atoms with van der Waals surface area (Å²) < 4.78 is 0. The summed E-state index contributed by atoms with van der Waals surface area (Å²) in [6.07, 6.45) is -0.250. The molecule has 1 aliphatic heterocycles. The van der Waals surface area contributed by atoms with E-state index in [1.54, 1.807) is 25.1 Å². The molecule has 1 heterocycles. The molecule has 1 N–H and O–H groups in total. The Morgan fingerprint density at radius 3 is 2.59 bits per heavy atom. The lowest BCUT2D eigenvalue weighted by atomic mass is 10.0. The summed E-state index contributed by atoms with van der Waals surface area (Å²) in [6.45, 7) is 2.00. The van der Waals surface area contributed by atoms with Gasteiger partial charge in [0.05, 0.1) is 17.5 Å². The number of aliphatic carboxylic acids is 1. The molecule has 0 atom stereocenters. The molecule has 1 aromatic rings. The smallest absolute Gasteiger partial charge is 0.307 e. The number of imide groups is 1. The molecule has 5 heteroatoms. The lowest BCUT2D eigenvalue weighted by Gasteiger charge is -2.09. The van der Waals surface area contributed by atoms with E-state index < -0.39 is 11.9 Å². The van der Waals surface area contributed by atoms with Gasteiger partial charge in [0.25, 0.3) is 11.8 Å². The van der Waals surface area contributed by atoms with Gasteiger partial charge in [0.2, 0.25) is 0 Å². The lowest BCUT2D eigenvalue weighted by Crippen LogP contribution is -2.29. The van der Waals surface area contributed by atoms with Crippen molar-refractivity contribution in [2.75, 3.05) is 6.54 Å². The van der Waals surface area contributed by atoms with Crippen molar-refractivity contribution in [2.24, 2.45) is 0 Å². The van der Waals surface area contributed by atoms with Gasteiger partial charge in [0, 0.05) is 6.54 Å². The zero-order valence-corrected chi connectivity index (χ0v) is 9.27. The number of carboxylic acids is 1. The van der Waals surface area contributed by atoms with Crippen molar-refractivity contribution in [3.05, 3.63) is 34.9 Å². The van der Waals surface area contributed by atoms with Crippen LogP contribution in [0.5, 0.6) is 0 Å². The Morgan fingerprint density at radius 1 is 1.29 bits per heavy atom. The number of nitrogens with zero attached hydrogens (tertiary/aromatic N) is 1. The van der Waals surface area contributed by atoms with Crippen molar-refractivity contribution in [1.82, 2.24) is 4.90 Å². The Bertz CT molecular complexity index is 521. The fourth-order valence-corrected chi connectivity index (χ4v) is 2.00. The number of hydrogen-bond donors (Lipinski definition) is 1. The number of benzene rings is 1. The molecule has 0 spiro atoms. The van der Waals surface area contributed by atoms with Gasteiger partial charge in [-0.2, -0.15) is 0 Å². The van der Waals surface area contributed by atoms with Crippen LogP contribution in [0.4, 0.5) is 0 Å². The van der Waals surface area contributed by atoms with Gasteiger partial charge >= 0.3 is 5.97 Å². The standard InChI is InChI=1S/C12H11NO4/c1-2-13-11(16)8-5-3-4-7(6-9(14)15)10(8)12(13)17/h3-5H,2,6H2,1H3,(H,14,15). The van der Waals surface area contributed by atoms with Crippen LogP contribution in [0.2, 0.25) is 0 Å². The molecule has 1 aromatic carbocycles. The van der Waals surface area contributed by atoms with Crippen molar-refractivity contribution in [2.45, 2.75) is 13.3 Å². The topological polar surface area (TPSA) is 74.7 Å². The highest BCUT2D eigenvalue weighted by molar-refractivity contribution is 6.22. The minimum absolute atomic E-state index is 0.238. The summed E-state index contributed by atoms with van der Waals surface area (Å²) in [7, 11) is 0. The highest BCUT2D eigenvalue weighted by Gasteiger charge is 2.36. The van der Waals surface area contributed by atoms with Crippen molar-refractivity contribution in [3.8, 4) is 0 Å². The molecule has 0 aliphatic carbocycles. The fourth-order valence-electron chi connectivity index (χ4n) is 2.00. The second-order valence-electron chi connectivity index (χ2n) is 3.76. The summed E-state index contributed by atoms with van der Waals surface area (Å²) in [5.41, 5.74) is 0.932. The van der Waals surface area contributed by atoms with Crippen LogP contribution in [0.25, 0.3) is 0 Å². The van der Waals surface area contributed by atoms with Gasteiger partial charge in [-0.15, -0.1) is 0 Å². The van der Waals surface area contributed by atoms with Gasteiger partial charge in [0.1, 0.15) is 0 Å². The van der Waals surface area contributed by atoms with E-state index in [1.807, 2.05) is 0 Å². The molecule has 0 aromatic heterocycles. The summed E-state index contributed by atoms with van der Waals surface area (Å²) in [6, 6.07) is 4.72. The van der Waals surface area contributed by atoms with E-state index in [0.717, 1.165) is 4.90 Å². The predicted molar refractivity (Wildman–Crippen MR) is 58.8 cm³/mol. The van der Waals surface area contributed by atoms with Gasteiger partial charge in [-0.3, -0.25) is 19.3 Å². The molecular formula is C12H11NO4. The molecule has 5 nitrogen and oxygen atoms in total. The molecule has 88 valence electrons. The van der Waals surface area contributed by atoms with Crippen LogP contribution in [0.15, 0.2) is 18.2 Å². The van der Waals surface area contributed by atoms with Crippen molar-refractivity contribution in [1.29, 1.82) is 0 Å². The molecule has 17 heavy (non-hydrogen) atoms. The van der Waals surface area contributed by atoms with E-state index in [0.29, 0.717) is 17.7 Å². The Morgan fingerprint density at radius 2 is 2.00 bits per heavy atom. The van der Waals surface area contributed by atoms with Gasteiger partial charge in [0.15, 0.2) is 0 Å². The van der Waals surface area contributed by atoms with Crippen LogP contribution in [0, 0.1) is 0 Å². The molecule has 2 rings (SSSR count). The molecule has 0 fully saturated rings. The number of carbonyl (C=O) groups excluding carboxylic acids is 2. The largest absolute Gasteiger partial charge is 0.481 e. The van der Waals surface area contributed by atoms with Gasteiger partial charge in [-0.1, -0.05) is 12.1 Å². The minimum Gasteiger partial charge on any atom is -0.481 e. The summed E-state index contributed by atoms with van der Waals surface area (Å²) in [4.78, 5) is 35.6. The second kappa shape index (κ2) is 4.01. The maximum atomic E-state index is 12.0. The molecule has 1 aliphatic rings. The highest BCUT2D eigenvalue weighted by atomic mass is 16.4. The SMILES string of the molecule is CCN1C(=O)c2cccc(CC(=O)O)c2C1=O. The molecule has 0 bridgehead atoms. The highest BCUT2D eigenvalue weighted by Crippen LogP contribution is 2.26. The Balaban J connectivity index is 2.54. The van der Waals surface area contributed by atoms with Gasteiger partial charge < -0.3 is 5.11 Å². The first-order chi connectivity index (χ1) is 8.06. The monoisotopic (exact) mass is 233 g/mol. The normalized spacial score (nSPS) is 14.1. The van der Waals surface area contributed by atoms with Crippen LogP contribution < -0.4 is 0 Å². The molecule has 0 saturated heterocycles. The quantitative estimate of drug-likeness (QED) is 0.788. The van der Waals surface area contributed by atoms with E-state index in [2.05, 4.69) is 0 Å². The average Bonchev–Trinajstić information content (AvgIpc) is 2.52. The maximum Gasteiger partial charge on any atom is 0.307 e. The van der Waals surface area contributed by atoms with E-state index in [1.165, 1.54) is 0 Å². The van der Waals surface area contributed by atoms with E-state index >= 15 is 0 Å². The van der Waals surface area contributed by atoms with E-state index in [-0.39, 0.29) is 17.9 Å². The molecule has 0 radical (unpaired) electrons. The number of hydrogen-bond acceptors (Lipinski definition) is 3. The maximum absolute atomic E-state index is 12.0. The van der Waals surface area contributed by atoms with Crippen molar-refractivity contribution >= 4 is 17.8 Å². The summed E-state index contributed by atoms with van der Waals surface area (Å²) in [5.74, 6) is -1.77. The first kappa shape index (κ1) is 11.3. The van der Waals surface area contributed by atoms with Crippen molar-refractivity contribution in [3.63, 3.8) is 0 Å². The number of fused-ring (bicyclic) bond motifs is 1. The first-order valence-electron chi connectivity index (χ1n) is 5.26. The molecular weight excluding hydrogens is 222 g/mol. The number of rotatable bonds is 3. The van der Waals surface area contributed by atoms with Crippen LogP contribution in [-0.2, 0) is 11.2 Å². The van der Waals surface area contributed by atoms with Crippen LogP contribution in [0.3, 0.4) is 0 Å². The van der Waals surface area contributed by atoms with E-state index in [4.69, 9.17) is 5.11 Å². The first-order valence-corrected chi connectivity index (χ1v) is 5.26. The van der Waals surface area contributed by atoms with Crippen LogP contribution >= 0.6 is 0 Å². The Hall–Kier alpha value is -2.17. The second-order valence-corrected chi connectivity index (χ2v) is 3.76.